The minimum atomic E-state index is -0.304. The Labute approximate surface area is 166 Å². The van der Waals surface area contributed by atoms with Crippen LogP contribution in [0.1, 0.15) is 38.3 Å². The van der Waals surface area contributed by atoms with Gasteiger partial charge in [0.25, 0.3) is 0 Å². The zero-order valence-corrected chi connectivity index (χ0v) is 17.0. The zero-order valence-electron chi connectivity index (χ0n) is 17.0. The fourth-order valence-electron chi connectivity index (χ4n) is 2.40. The second-order valence-corrected chi connectivity index (χ2v) is 7.09. The highest BCUT2D eigenvalue weighted by atomic mass is 16.5. The van der Waals surface area contributed by atoms with Crippen molar-refractivity contribution >= 4 is 23.3 Å². The minimum absolute atomic E-state index is 0.0694. The van der Waals surface area contributed by atoms with Gasteiger partial charge in [-0.25, -0.2) is 4.79 Å². The van der Waals surface area contributed by atoms with Gasteiger partial charge in [0.15, 0.2) is 0 Å². The number of ether oxygens (including phenoxy) is 1. The van der Waals surface area contributed by atoms with Gasteiger partial charge in [-0.1, -0.05) is 39.0 Å². The van der Waals surface area contributed by atoms with E-state index in [1.165, 1.54) is 0 Å². The van der Waals surface area contributed by atoms with Crippen LogP contribution >= 0.6 is 0 Å². The first-order valence-electron chi connectivity index (χ1n) is 9.54. The van der Waals surface area contributed by atoms with Crippen LogP contribution in [-0.2, 0) is 11.3 Å². The molecule has 2 rings (SSSR count). The number of aryl methyl sites for hydroxylation is 1. The van der Waals surface area contributed by atoms with Gasteiger partial charge >= 0.3 is 6.03 Å². The maximum absolute atomic E-state index is 12.2. The largest absolute Gasteiger partial charge is 0.493 e. The molecule has 0 aromatic heterocycles. The van der Waals surface area contributed by atoms with Crippen LogP contribution in [0.25, 0.3) is 0 Å². The van der Waals surface area contributed by atoms with Crippen molar-refractivity contribution in [3.05, 3.63) is 53.6 Å². The van der Waals surface area contributed by atoms with Crippen molar-refractivity contribution in [3.8, 4) is 5.75 Å². The summed E-state index contributed by atoms with van der Waals surface area (Å²) in [6.07, 6.45) is 0.401. The Balaban J connectivity index is 1.88. The number of rotatable bonds is 8. The number of benzene rings is 2. The quantitative estimate of drug-likeness (QED) is 0.618. The van der Waals surface area contributed by atoms with Crippen LogP contribution in [0.2, 0.25) is 0 Å². The molecule has 0 aliphatic carbocycles. The Kier molecular flexibility index (Phi) is 7.87. The Morgan fingerprint density at radius 3 is 2.39 bits per heavy atom. The summed E-state index contributed by atoms with van der Waals surface area (Å²) in [4.78, 5) is 23.8. The van der Waals surface area contributed by atoms with E-state index in [4.69, 9.17) is 4.74 Å². The molecule has 28 heavy (non-hydrogen) atoms. The summed E-state index contributed by atoms with van der Waals surface area (Å²) in [6.45, 7) is 8.98. The molecule has 0 radical (unpaired) electrons. The van der Waals surface area contributed by atoms with Crippen LogP contribution in [0.5, 0.6) is 5.75 Å². The van der Waals surface area contributed by atoms with Crippen molar-refractivity contribution in [1.82, 2.24) is 5.32 Å². The van der Waals surface area contributed by atoms with Crippen LogP contribution in [0.4, 0.5) is 16.2 Å². The average molecular weight is 383 g/mol. The molecular formula is C22H29N3O3. The van der Waals surface area contributed by atoms with E-state index < -0.39 is 0 Å². The molecule has 0 atom stereocenters. The molecule has 0 saturated heterocycles. The lowest BCUT2D eigenvalue weighted by molar-refractivity contribution is -0.115. The highest BCUT2D eigenvalue weighted by molar-refractivity contribution is 5.94. The molecule has 0 unspecified atom stereocenters. The third-order valence-electron chi connectivity index (χ3n) is 4.05. The van der Waals surface area contributed by atoms with Crippen molar-refractivity contribution < 1.29 is 14.3 Å². The lowest BCUT2D eigenvalue weighted by atomic mass is 10.1. The number of nitrogens with one attached hydrogen (secondary N) is 3. The fourth-order valence-corrected chi connectivity index (χ4v) is 2.40. The summed E-state index contributed by atoms with van der Waals surface area (Å²) in [5, 5.41) is 8.46. The molecule has 0 aliphatic heterocycles. The van der Waals surface area contributed by atoms with E-state index in [2.05, 4.69) is 29.8 Å². The number of amides is 3. The summed E-state index contributed by atoms with van der Waals surface area (Å²) < 4.78 is 5.66. The van der Waals surface area contributed by atoms with Crippen molar-refractivity contribution in [2.24, 2.45) is 5.92 Å². The first-order valence-corrected chi connectivity index (χ1v) is 9.54. The highest BCUT2D eigenvalue weighted by Crippen LogP contribution is 2.20. The summed E-state index contributed by atoms with van der Waals surface area (Å²) in [7, 11) is 0. The Morgan fingerprint density at radius 2 is 1.75 bits per heavy atom. The molecule has 0 heterocycles. The molecule has 0 bridgehead atoms. The number of carbonyl (C=O) groups excluding carboxylic acids is 2. The Hall–Kier alpha value is -3.02. The predicted octanol–water partition coefficient (Wildman–Crippen LogP) is 4.70. The summed E-state index contributed by atoms with van der Waals surface area (Å²) in [6, 6.07) is 12.8. The number of hydrogen-bond donors (Lipinski definition) is 3. The van der Waals surface area contributed by atoms with Gasteiger partial charge in [-0.2, -0.15) is 0 Å². The standard InChI is InChI=1S/C22H29N3O3/c1-5-21(26)24-18-9-6-16(4)20(12-18)25-22(27)23-13-17-7-10-19(11-8-17)28-14-15(2)3/h6-12,15H,5,13-14H2,1-4H3,(H,24,26)(H2,23,25,27). The maximum atomic E-state index is 12.2. The third-order valence-corrected chi connectivity index (χ3v) is 4.05. The monoisotopic (exact) mass is 383 g/mol. The van der Waals surface area contributed by atoms with Crippen LogP contribution in [0, 0.1) is 12.8 Å². The predicted molar refractivity (Wildman–Crippen MR) is 113 cm³/mol. The summed E-state index contributed by atoms with van der Waals surface area (Å²) in [5.41, 5.74) is 3.21. The van der Waals surface area contributed by atoms with Crippen LogP contribution in [0.15, 0.2) is 42.5 Å². The SMILES string of the molecule is CCC(=O)Nc1ccc(C)c(NC(=O)NCc2ccc(OCC(C)C)cc2)c1. The van der Waals surface area contributed by atoms with Gasteiger partial charge in [0.05, 0.1) is 6.61 Å². The Bertz CT molecular complexity index is 801. The van der Waals surface area contributed by atoms with Gasteiger partial charge in [-0.3, -0.25) is 4.79 Å². The normalized spacial score (nSPS) is 10.5. The second-order valence-electron chi connectivity index (χ2n) is 7.09. The number of urea groups is 1. The summed E-state index contributed by atoms with van der Waals surface area (Å²) in [5.74, 6) is 1.23. The van der Waals surface area contributed by atoms with Gasteiger partial charge in [0.1, 0.15) is 5.75 Å². The number of hydrogen-bond acceptors (Lipinski definition) is 3. The van der Waals surface area contributed by atoms with Gasteiger partial charge in [0.2, 0.25) is 5.91 Å². The minimum Gasteiger partial charge on any atom is -0.493 e. The molecule has 2 aromatic rings. The van der Waals surface area contributed by atoms with Crippen molar-refractivity contribution in [2.75, 3.05) is 17.2 Å². The Morgan fingerprint density at radius 1 is 1.04 bits per heavy atom. The van der Waals surface area contributed by atoms with E-state index in [1.807, 2.05) is 43.3 Å². The first kappa shape index (κ1) is 21.3. The smallest absolute Gasteiger partial charge is 0.319 e. The molecule has 6 nitrogen and oxygen atoms in total. The molecule has 0 spiro atoms. The molecule has 150 valence electrons. The molecule has 3 amide bonds. The van der Waals surface area contributed by atoms with Gasteiger partial charge in [-0.15, -0.1) is 0 Å². The average Bonchev–Trinajstić information content (AvgIpc) is 2.68. The van der Waals surface area contributed by atoms with Crippen LogP contribution in [-0.4, -0.2) is 18.5 Å². The number of carbonyl (C=O) groups is 2. The van der Waals surface area contributed by atoms with Crippen molar-refractivity contribution in [2.45, 2.75) is 40.7 Å². The van der Waals surface area contributed by atoms with E-state index in [9.17, 15) is 9.59 Å². The van der Waals surface area contributed by atoms with Crippen molar-refractivity contribution in [1.29, 1.82) is 0 Å². The van der Waals surface area contributed by atoms with Crippen LogP contribution < -0.4 is 20.7 Å². The van der Waals surface area contributed by atoms with Crippen molar-refractivity contribution in [3.63, 3.8) is 0 Å². The molecule has 0 fully saturated rings. The third kappa shape index (κ3) is 6.95. The molecular weight excluding hydrogens is 354 g/mol. The second kappa shape index (κ2) is 10.3. The lowest BCUT2D eigenvalue weighted by Gasteiger charge is -2.13. The van der Waals surface area contributed by atoms with E-state index in [0.29, 0.717) is 36.9 Å². The van der Waals surface area contributed by atoms with Gasteiger partial charge in [0, 0.05) is 24.3 Å². The molecule has 2 aromatic carbocycles. The number of anilines is 2. The van der Waals surface area contributed by atoms with E-state index in [1.54, 1.807) is 13.0 Å². The fraction of sp³-hybridized carbons (Fsp3) is 0.364. The van der Waals surface area contributed by atoms with Crippen LogP contribution in [0.3, 0.4) is 0 Å². The highest BCUT2D eigenvalue weighted by Gasteiger charge is 2.07. The van der Waals surface area contributed by atoms with Gasteiger partial charge in [-0.05, 0) is 48.2 Å². The maximum Gasteiger partial charge on any atom is 0.319 e. The molecule has 6 heteroatoms. The molecule has 0 saturated carbocycles. The zero-order chi connectivity index (χ0) is 20.5. The first-order chi connectivity index (χ1) is 13.4. The van der Waals surface area contributed by atoms with E-state index >= 15 is 0 Å². The molecule has 3 N–H and O–H groups in total. The summed E-state index contributed by atoms with van der Waals surface area (Å²) >= 11 is 0. The topological polar surface area (TPSA) is 79.5 Å². The van der Waals surface area contributed by atoms with E-state index in [-0.39, 0.29) is 11.9 Å². The molecule has 0 aliphatic rings. The lowest BCUT2D eigenvalue weighted by Crippen LogP contribution is -2.28. The van der Waals surface area contributed by atoms with Gasteiger partial charge < -0.3 is 20.7 Å². The van der Waals surface area contributed by atoms with E-state index in [0.717, 1.165) is 16.9 Å².